The first kappa shape index (κ1) is 77.1. The fourth-order valence-corrected chi connectivity index (χ4v) is 10.4. The number of unbranched alkanes of at least 4 members (excludes halogenated alkanes) is 44. The van der Waals surface area contributed by atoms with Gasteiger partial charge in [-0.3, -0.25) is 14.4 Å². The lowest BCUT2D eigenvalue weighted by molar-refractivity contribution is -0.167. The van der Waals surface area contributed by atoms with Crippen LogP contribution >= 0.6 is 0 Å². The first-order valence-electron chi connectivity index (χ1n) is 35.3. The second-order valence-electron chi connectivity index (χ2n) is 23.8. The molecule has 0 saturated heterocycles. The number of hydrogen-bond acceptors (Lipinski definition) is 6. The fourth-order valence-electron chi connectivity index (χ4n) is 10.4. The first-order chi connectivity index (χ1) is 39.5. The summed E-state index contributed by atoms with van der Waals surface area (Å²) in [6.45, 7) is 6.65. The molecule has 0 radical (unpaired) electrons. The van der Waals surface area contributed by atoms with Gasteiger partial charge in [-0.25, -0.2) is 0 Å². The van der Waals surface area contributed by atoms with Gasteiger partial charge in [-0.05, 0) is 89.9 Å². The fraction of sp³-hybridized carbons (Fsp3) is 0.824. The quantitative estimate of drug-likeness (QED) is 0.0261. The normalized spacial score (nSPS) is 12.4. The number of rotatable bonds is 65. The SMILES string of the molecule is CCCCC/C=C\C/C=C\CCCCCCCC(=O)OCC(COC(=O)CCCCCCCCCCCCCCCC/C=C\C/C=C\C/C=C\CCCCCCC)OC(=O)CCCCCCCCCCCCCCCCCCCC. The topological polar surface area (TPSA) is 78.9 Å². The standard InChI is InChI=1S/C74H134O6/c1-4-7-10-13-16-19-22-25-28-30-32-33-34-35-36-37-38-39-40-41-42-44-46-49-52-55-58-61-64-67-73(76)79-70-71(69-78-72(75)66-63-60-57-54-51-48-45-27-24-21-18-15-12-9-6-3)80-74(77)68-65-62-59-56-53-50-47-43-31-29-26-23-20-17-14-11-8-5-2/h18,21-22,25,27,30,32,34-35,45,71H,4-17,19-20,23-24,26,28-29,31,33,36-44,46-70H2,1-3H3/b21-18-,25-22-,32-30-,35-34-,45-27-. The highest BCUT2D eigenvalue weighted by molar-refractivity contribution is 5.71. The molecule has 0 amide bonds. The van der Waals surface area contributed by atoms with Crippen molar-refractivity contribution >= 4 is 17.9 Å². The third-order valence-corrected chi connectivity index (χ3v) is 15.7. The molecule has 0 aromatic heterocycles. The second-order valence-corrected chi connectivity index (χ2v) is 23.8. The van der Waals surface area contributed by atoms with Crippen molar-refractivity contribution in [1.82, 2.24) is 0 Å². The molecular formula is C74H134O6. The summed E-state index contributed by atoms with van der Waals surface area (Å²) in [5.74, 6) is -0.865. The summed E-state index contributed by atoms with van der Waals surface area (Å²) in [6.07, 6.45) is 88.2. The monoisotopic (exact) mass is 1120 g/mol. The van der Waals surface area contributed by atoms with E-state index < -0.39 is 6.10 Å². The maximum Gasteiger partial charge on any atom is 0.306 e. The van der Waals surface area contributed by atoms with E-state index in [2.05, 4.69) is 81.5 Å². The number of carbonyl (C=O) groups excluding carboxylic acids is 3. The van der Waals surface area contributed by atoms with Crippen molar-refractivity contribution in [2.75, 3.05) is 13.2 Å². The van der Waals surface area contributed by atoms with Gasteiger partial charge < -0.3 is 14.2 Å². The van der Waals surface area contributed by atoms with Gasteiger partial charge in [0, 0.05) is 19.3 Å². The summed E-state index contributed by atoms with van der Waals surface area (Å²) < 4.78 is 17.0. The lowest BCUT2D eigenvalue weighted by atomic mass is 10.0. The van der Waals surface area contributed by atoms with Crippen molar-refractivity contribution in [2.24, 2.45) is 0 Å². The van der Waals surface area contributed by atoms with E-state index in [4.69, 9.17) is 14.2 Å². The van der Waals surface area contributed by atoms with Crippen LogP contribution in [0.5, 0.6) is 0 Å². The van der Waals surface area contributed by atoms with Gasteiger partial charge >= 0.3 is 17.9 Å². The zero-order chi connectivity index (χ0) is 57.8. The van der Waals surface area contributed by atoms with Crippen LogP contribution < -0.4 is 0 Å². The highest BCUT2D eigenvalue weighted by atomic mass is 16.6. The smallest absolute Gasteiger partial charge is 0.306 e. The molecule has 0 fully saturated rings. The third kappa shape index (κ3) is 65.9. The molecule has 0 aliphatic rings. The van der Waals surface area contributed by atoms with Crippen molar-refractivity contribution in [3.05, 3.63) is 60.8 Å². The Morgan fingerprint density at radius 2 is 0.450 bits per heavy atom. The highest BCUT2D eigenvalue weighted by Gasteiger charge is 2.19. The summed E-state index contributed by atoms with van der Waals surface area (Å²) in [5.41, 5.74) is 0. The number of hydrogen-bond donors (Lipinski definition) is 0. The van der Waals surface area contributed by atoms with Gasteiger partial charge in [0.2, 0.25) is 0 Å². The Hall–Kier alpha value is -2.89. The van der Waals surface area contributed by atoms with E-state index in [1.54, 1.807) is 0 Å². The van der Waals surface area contributed by atoms with Gasteiger partial charge in [0.1, 0.15) is 13.2 Å². The number of allylic oxidation sites excluding steroid dienone is 10. The van der Waals surface area contributed by atoms with Gasteiger partial charge in [0.25, 0.3) is 0 Å². The summed E-state index contributed by atoms with van der Waals surface area (Å²) in [6, 6.07) is 0. The molecular weight excluding hydrogens is 985 g/mol. The van der Waals surface area contributed by atoms with Gasteiger partial charge in [0.15, 0.2) is 6.10 Å². The molecule has 6 nitrogen and oxygen atoms in total. The van der Waals surface area contributed by atoms with Crippen LogP contribution in [0.4, 0.5) is 0 Å². The molecule has 1 unspecified atom stereocenters. The maximum atomic E-state index is 12.9. The van der Waals surface area contributed by atoms with Crippen molar-refractivity contribution in [3.63, 3.8) is 0 Å². The largest absolute Gasteiger partial charge is 0.462 e. The predicted octanol–water partition coefficient (Wildman–Crippen LogP) is 24.3. The van der Waals surface area contributed by atoms with E-state index in [1.807, 2.05) is 0 Å². The second kappa shape index (κ2) is 68.6. The number of carbonyl (C=O) groups is 3. The molecule has 6 heteroatoms. The molecule has 0 saturated carbocycles. The lowest BCUT2D eigenvalue weighted by Crippen LogP contribution is -2.30. The molecule has 0 heterocycles. The third-order valence-electron chi connectivity index (χ3n) is 15.7. The van der Waals surface area contributed by atoms with Crippen LogP contribution in [0, 0.1) is 0 Å². The Morgan fingerprint density at radius 3 is 0.725 bits per heavy atom. The minimum Gasteiger partial charge on any atom is -0.462 e. The van der Waals surface area contributed by atoms with Crippen LogP contribution in [0.15, 0.2) is 60.8 Å². The Bertz CT molecular complexity index is 1430. The summed E-state index contributed by atoms with van der Waals surface area (Å²) >= 11 is 0. The Kier molecular flexibility index (Phi) is 66.1. The first-order valence-corrected chi connectivity index (χ1v) is 35.3. The van der Waals surface area contributed by atoms with E-state index in [0.717, 1.165) is 89.9 Å². The number of esters is 3. The minimum atomic E-state index is -0.779. The average Bonchev–Trinajstić information content (AvgIpc) is 3.46. The molecule has 0 spiro atoms. The summed E-state index contributed by atoms with van der Waals surface area (Å²) in [5, 5.41) is 0. The van der Waals surface area contributed by atoms with E-state index >= 15 is 0 Å². The minimum absolute atomic E-state index is 0.0748. The molecule has 0 aliphatic carbocycles. The lowest BCUT2D eigenvalue weighted by Gasteiger charge is -2.18. The average molecular weight is 1120 g/mol. The van der Waals surface area contributed by atoms with Gasteiger partial charge in [0.05, 0.1) is 0 Å². The van der Waals surface area contributed by atoms with Crippen LogP contribution in [-0.4, -0.2) is 37.2 Å². The molecule has 0 bridgehead atoms. The molecule has 0 rings (SSSR count). The van der Waals surface area contributed by atoms with Crippen LogP contribution in [0.2, 0.25) is 0 Å². The summed E-state index contributed by atoms with van der Waals surface area (Å²) in [4.78, 5) is 38.4. The zero-order valence-corrected chi connectivity index (χ0v) is 53.6. The molecule has 1 atom stereocenters. The van der Waals surface area contributed by atoms with Gasteiger partial charge in [-0.2, -0.15) is 0 Å². The zero-order valence-electron chi connectivity index (χ0n) is 53.6. The number of ether oxygens (including phenoxy) is 3. The molecule has 80 heavy (non-hydrogen) atoms. The van der Waals surface area contributed by atoms with Crippen LogP contribution in [-0.2, 0) is 28.6 Å². The molecule has 0 aliphatic heterocycles. The summed E-state index contributed by atoms with van der Waals surface area (Å²) in [7, 11) is 0. The molecule has 0 aromatic carbocycles. The van der Waals surface area contributed by atoms with Crippen LogP contribution in [0.1, 0.15) is 374 Å². The van der Waals surface area contributed by atoms with Crippen molar-refractivity contribution in [1.29, 1.82) is 0 Å². The Balaban J connectivity index is 4.25. The highest BCUT2D eigenvalue weighted by Crippen LogP contribution is 2.18. The van der Waals surface area contributed by atoms with Crippen molar-refractivity contribution in [3.8, 4) is 0 Å². The van der Waals surface area contributed by atoms with Crippen LogP contribution in [0.3, 0.4) is 0 Å². The van der Waals surface area contributed by atoms with E-state index in [9.17, 15) is 14.4 Å². The van der Waals surface area contributed by atoms with E-state index in [0.29, 0.717) is 19.3 Å². The predicted molar refractivity (Wildman–Crippen MR) is 348 cm³/mol. The maximum absolute atomic E-state index is 12.9. The van der Waals surface area contributed by atoms with Gasteiger partial charge in [-0.1, -0.05) is 326 Å². The Labute approximate surface area is 498 Å². The van der Waals surface area contributed by atoms with E-state index in [1.165, 1.54) is 244 Å². The Morgan fingerprint density at radius 1 is 0.250 bits per heavy atom. The van der Waals surface area contributed by atoms with E-state index in [-0.39, 0.29) is 31.1 Å². The molecule has 466 valence electrons. The van der Waals surface area contributed by atoms with Crippen molar-refractivity contribution < 1.29 is 28.6 Å². The molecule has 0 N–H and O–H groups in total. The molecule has 0 aromatic rings. The van der Waals surface area contributed by atoms with Crippen molar-refractivity contribution in [2.45, 2.75) is 380 Å². The van der Waals surface area contributed by atoms with Gasteiger partial charge in [-0.15, -0.1) is 0 Å². The van der Waals surface area contributed by atoms with Crippen LogP contribution in [0.25, 0.3) is 0 Å².